The molecule has 4 nitrogen and oxygen atoms in total. The normalized spacial score (nSPS) is 12.7. The lowest BCUT2D eigenvalue weighted by Gasteiger charge is -2.27. The molecule has 0 spiro atoms. The summed E-state index contributed by atoms with van der Waals surface area (Å²) in [6, 6.07) is 5.01. The summed E-state index contributed by atoms with van der Waals surface area (Å²) in [6.45, 7) is 4.20. The molecule has 1 aromatic carbocycles. The van der Waals surface area contributed by atoms with E-state index in [2.05, 4.69) is 0 Å². The van der Waals surface area contributed by atoms with Gasteiger partial charge >= 0.3 is 5.97 Å². The molecule has 0 aromatic heterocycles. The summed E-state index contributed by atoms with van der Waals surface area (Å²) in [7, 11) is 0. The van der Waals surface area contributed by atoms with E-state index in [1.807, 2.05) is 13.8 Å². The molecule has 100 valence electrons. The second-order valence-electron chi connectivity index (χ2n) is 4.29. The number of carboxylic acid groups (broad SMARTS) is 1. The van der Waals surface area contributed by atoms with E-state index < -0.39 is 5.97 Å². The maximum Gasteiger partial charge on any atom is 0.317 e. The zero-order valence-corrected chi connectivity index (χ0v) is 11.3. The highest BCUT2D eigenvalue weighted by atomic mass is 35.5. The van der Waals surface area contributed by atoms with Crippen molar-refractivity contribution in [1.82, 2.24) is 4.90 Å². The highest BCUT2D eigenvalue weighted by molar-refractivity contribution is 6.31. The lowest BCUT2D eigenvalue weighted by Crippen LogP contribution is -2.36. The van der Waals surface area contributed by atoms with Gasteiger partial charge in [-0.25, -0.2) is 0 Å². The number of carboxylic acids is 1. The Morgan fingerprint density at radius 3 is 2.67 bits per heavy atom. The van der Waals surface area contributed by atoms with Crippen LogP contribution in [0.4, 0.5) is 0 Å². The second-order valence-corrected chi connectivity index (χ2v) is 4.70. The van der Waals surface area contributed by atoms with Crippen LogP contribution in [0.3, 0.4) is 0 Å². The quantitative estimate of drug-likeness (QED) is 0.835. The molecule has 0 saturated carbocycles. The van der Waals surface area contributed by atoms with Crippen molar-refractivity contribution in [3.8, 4) is 5.75 Å². The topological polar surface area (TPSA) is 60.8 Å². The first-order chi connectivity index (χ1) is 8.45. The van der Waals surface area contributed by atoms with Crippen molar-refractivity contribution in [2.24, 2.45) is 0 Å². The number of carbonyl (C=O) groups is 1. The van der Waals surface area contributed by atoms with E-state index in [9.17, 15) is 9.90 Å². The third-order valence-corrected chi connectivity index (χ3v) is 3.36. The molecular formula is C13H18ClNO3. The molecule has 0 bridgehead atoms. The van der Waals surface area contributed by atoms with Crippen molar-refractivity contribution in [2.45, 2.75) is 32.9 Å². The van der Waals surface area contributed by atoms with Crippen molar-refractivity contribution in [2.75, 3.05) is 6.54 Å². The molecule has 1 unspecified atom stereocenters. The van der Waals surface area contributed by atoms with Crippen LogP contribution < -0.4 is 0 Å². The number of hydrogen-bond acceptors (Lipinski definition) is 3. The van der Waals surface area contributed by atoms with Crippen LogP contribution >= 0.6 is 11.6 Å². The number of phenols is 1. The summed E-state index contributed by atoms with van der Waals surface area (Å²) >= 11 is 6.02. The fourth-order valence-electron chi connectivity index (χ4n) is 1.71. The van der Waals surface area contributed by atoms with Crippen LogP contribution in [0.1, 0.15) is 25.8 Å². The van der Waals surface area contributed by atoms with Gasteiger partial charge in [0.1, 0.15) is 5.75 Å². The molecular weight excluding hydrogens is 254 g/mol. The molecule has 18 heavy (non-hydrogen) atoms. The number of hydrogen-bond donors (Lipinski definition) is 2. The van der Waals surface area contributed by atoms with E-state index in [1.54, 1.807) is 23.1 Å². The zero-order chi connectivity index (χ0) is 13.7. The molecule has 0 saturated heterocycles. The molecule has 1 rings (SSSR count). The minimum absolute atomic E-state index is 0.0698. The lowest BCUT2D eigenvalue weighted by molar-refractivity contribution is -0.139. The smallest absolute Gasteiger partial charge is 0.317 e. The van der Waals surface area contributed by atoms with E-state index in [1.165, 1.54) is 0 Å². The van der Waals surface area contributed by atoms with Crippen molar-refractivity contribution in [3.05, 3.63) is 28.8 Å². The predicted molar refractivity (Wildman–Crippen MR) is 70.9 cm³/mol. The fraction of sp³-hybridized carbons (Fsp3) is 0.462. The SMILES string of the molecule is CCC(C)N(CC(=O)O)Cc1c(O)cccc1Cl. The Balaban J connectivity index is 2.92. The second kappa shape index (κ2) is 6.61. The molecule has 0 aliphatic heterocycles. The third-order valence-electron chi connectivity index (χ3n) is 3.01. The molecule has 0 aliphatic carbocycles. The van der Waals surface area contributed by atoms with E-state index in [4.69, 9.17) is 16.7 Å². The average Bonchev–Trinajstić information content (AvgIpc) is 2.31. The van der Waals surface area contributed by atoms with Crippen molar-refractivity contribution < 1.29 is 15.0 Å². The number of halogens is 1. The largest absolute Gasteiger partial charge is 0.508 e. The van der Waals surface area contributed by atoms with Gasteiger partial charge in [-0.3, -0.25) is 9.69 Å². The van der Waals surface area contributed by atoms with Gasteiger partial charge in [0, 0.05) is 23.2 Å². The molecule has 0 fully saturated rings. The number of phenolic OH excluding ortho intramolecular Hbond substituents is 1. The Hall–Kier alpha value is -1.26. The summed E-state index contributed by atoms with van der Waals surface area (Å²) in [5, 5.41) is 19.1. The number of nitrogens with zero attached hydrogens (tertiary/aromatic N) is 1. The van der Waals surface area contributed by atoms with Gasteiger partial charge in [0.25, 0.3) is 0 Å². The van der Waals surface area contributed by atoms with Gasteiger partial charge in [0.15, 0.2) is 0 Å². The van der Waals surface area contributed by atoms with E-state index in [0.29, 0.717) is 17.1 Å². The standard InChI is InChI=1S/C13H18ClNO3/c1-3-9(2)15(8-13(17)18)7-10-11(14)5-4-6-12(10)16/h4-6,9,16H,3,7-8H2,1-2H3,(H,17,18). The van der Waals surface area contributed by atoms with Gasteiger partial charge in [-0.1, -0.05) is 24.6 Å². The zero-order valence-electron chi connectivity index (χ0n) is 10.6. The monoisotopic (exact) mass is 271 g/mol. The van der Waals surface area contributed by atoms with Crippen LogP contribution in [-0.4, -0.2) is 33.7 Å². The Morgan fingerprint density at radius 2 is 2.17 bits per heavy atom. The number of benzene rings is 1. The van der Waals surface area contributed by atoms with Crippen LogP contribution in [0.15, 0.2) is 18.2 Å². The molecule has 0 amide bonds. The Morgan fingerprint density at radius 1 is 1.50 bits per heavy atom. The molecule has 0 radical (unpaired) electrons. The predicted octanol–water partition coefficient (Wildman–Crippen LogP) is 2.73. The van der Waals surface area contributed by atoms with Gasteiger partial charge in [-0.05, 0) is 25.5 Å². The lowest BCUT2D eigenvalue weighted by atomic mass is 10.1. The summed E-state index contributed by atoms with van der Waals surface area (Å²) in [6.07, 6.45) is 0.832. The van der Waals surface area contributed by atoms with Crippen LogP contribution in [0.2, 0.25) is 5.02 Å². The molecule has 0 heterocycles. The fourth-order valence-corrected chi connectivity index (χ4v) is 1.94. The third kappa shape index (κ3) is 3.89. The summed E-state index contributed by atoms with van der Waals surface area (Å²) in [5.41, 5.74) is 0.570. The van der Waals surface area contributed by atoms with E-state index in [-0.39, 0.29) is 18.3 Å². The van der Waals surface area contributed by atoms with Gasteiger partial charge in [0.05, 0.1) is 6.54 Å². The molecule has 1 aromatic rings. The molecule has 1 atom stereocenters. The minimum atomic E-state index is -0.887. The van der Waals surface area contributed by atoms with Gasteiger partial charge in [-0.15, -0.1) is 0 Å². The Labute approximate surface area is 112 Å². The van der Waals surface area contributed by atoms with Crippen LogP contribution in [-0.2, 0) is 11.3 Å². The maximum atomic E-state index is 10.9. The molecule has 5 heteroatoms. The van der Waals surface area contributed by atoms with Gasteiger partial charge < -0.3 is 10.2 Å². The summed E-state index contributed by atoms with van der Waals surface area (Å²) in [5.74, 6) is -0.789. The van der Waals surface area contributed by atoms with Crippen LogP contribution in [0.5, 0.6) is 5.75 Å². The number of rotatable bonds is 6. The highest BCUT2D eigenvalue weighted by Crippen LogP contribution is 2.27. The first-order valence-electron chi connectivity index (χ1n) is 5.87. The molecule has 2 N–H and O–H groups in total. The molecule has 0 aliphatic rings. The first-order valence-corrected chi connectivity index (χ1v) is 6.25. The Kier molecular flexibility index (Phi) is 5.44. The van der Waals surface area contributed by atoms with Gasteiger partial charge in [-0.2, -0.15) is 0 Å². The first kappa shape index (κ1) is 14.8. The summed E-state index contributed by atoms with van der Waals surface area (Å²) in [4.78, 5) is 12.6. The number of aromatic hydroxyl groups is 1. The Bertz CT molecular complexity index is 402. The maximum absolute atomic E-state index is 10.9. The summed E-state index contributed by atoms with van der Waals surface area (Å²) < 4.78 is 0. The van der Waals surface area contributed by atoms with Crippen molar-refractivity contribution in [3.63, 3.8) is 0 Å². The number of aliphatic carboxylic acids is 1. The van der Waals surface area contributed by atoms with Gasteiger partial charge in [0.2, 0.25) is 0 Å². The van der Waals surface area contributed by atoms with Crippen LogP contribution in [0, 0.1) is 0 Å². The highest BCUT2D eigenvalue weighted by Gasteiger charge is 2.18. The van der Waals surface area contributed by atoms with E-state index in [0.717, 1.165) is 6.42 Å². The van der Waals surface area contributed by atoms with E-state index >= 15 is 0 Å². The van der Waals surface area contributed by atoms with Crippen LogP contribution in [0.25, 0.3) is 0 Å². The van der Waals surface area contributed by atoms with Crippen molar-refractivity contribution in [1.29, 1.82) is 0 Å². The van der Waals surface area contributed by atoms with Crippen molar-refractivity contribution >= 4 is 17.6 Å². The average molecular weight is 272 g/mol. The minimum Gasteiger partial charge on any atom is -0.508 e.